The maximum absolute atomic E-state index is 13.0. The second-order valence-electron chi connectivity index (χ2n) is 18.3. The average molecular weight is 960 g/mol. The van der Waals surface area contributed by atoms with Gasteiger partial charge in [0.2, 0.25) is 11.8 Å². The number of alkyl halides is 6. The lowest BCUT2D eigenvalue weighted by molar-refractivity contribution is -0.138. The van der Waals surface area contributed by atoms with Crippen LogP contribution in [0.5, 0.6) is 0 Å². The van der Waals surface area contributed by atoms with Crippen LogP contribution < -0.4 is 9.80 Å². The van der Waals surface area contributed by atoms with Crippen molar-refractivity contribution in [2.75, 3.05) is 88.6 Å². The number of benzene rings is 4. The maximum atomic E-state index is 13.0. The van der Waals surface area contributed by atoms with Gasteiger partial charge in [0, 0.05) is 82.0 Å². The zero-order valence-corrected chi connectivity index (χ0v) is 40.1. The Bertz CT molecular complexity index is 2180. The SMILES string of the molecule is Cc1ccc(CCCCOCC(=O)N2CCN(c3ccc(C(C)(C)C)cc3)CC2)cc1C(F)(F)F.Cc1ccc(CCCCOCC(=O)N2CCN(c3ccc(Cl)cc3)CC2)cc1C(F)(F)F. The highest BCUT2D eigenvalue weighted by atomic mass is 35.5. The van der Waals surface area contributed by atoms with Crippen molar-refractivity contribution in [3.63, 3.8) is 0 Å². The van der Waals surface area contributed by atoms with Crippen molar-refractivity contribution in [2.24, 2.45) is 0 Å². The van der Waals surface area contributed by atoms with Crippen LogP contribution in [-0.2, 0) is 49.7 Å². The predicted molar refractivity (Wildman–Crippen MR) is 254 cm³/mol. The van der Waals surface area contributed by atoms with Crippen LogP contribution in [0.4, 0.5) is 37.7 Å². The Hall–Kier alpha value is -4.79. The number of halogens is 7. The van der Waals surface area contributed by atoms with E-state index in [1.54, 1.807) is 17.0 Å². The minimum atomic E-state index is -4.33. The van der Waals surface area contributed by atoms with Gasteiger partial charge < -0.3 is 29.1 Å². The van der Waals surface area contributed by atoms with Gasteiger partial charge >= 0.3 is 12.4 Å². The number of anilines is 2. The molecule has 0 bridgehead atoms. The summed E-state index contributed by atoms with van der Waals surface area (Å²) in [5.74, 6) is -0.0461. The number of carbonyl (C=O) groups excluding carboxylic acids is 2. The van der Waals surface area contributed by atoms with Crippen LogP contribution in [0, 0.1) is 13.8 Å². The summed E-state index contributed by atoms with van der Waals surface area (Å²) in [6, 6.07) is 25.3. The van der Waals surface area contributed by atoms with Crippen LogP contribution in [0.3, 0.4) is 0 Å². The summed E-state index contributed by atoms with van der Waals surface area (Å²) < 4.78 is 89.2. The Morgan fingerprint density at radius 1 is 0.537 bits per heavy atom. The van der Waals surface area contributed by atoms with Gasteiger partial charge in [-0.15, -0.1) is 0 Å². The van der Waals surface area contributed by atoms with E-state index in [4.69, 9.17) is 21.1 Å². The average Bonchev–Trinajstić information content (AvgIpc) is 3.29. The number of piperazine rings is 2. The molecule has 2 fully saturated rings. The quantitative estimate of drug-likeness (QED) is 0.0823. The van der Waals surface area contributed by atoms with Crippen LogP contribution in [0.15, 0.2) is 84.9 Å². The van der Waals surface area contributed by atoms with Gasteiger partial charge in [-0.3, -0.25) is 9.59 Å². The highest BCUT2D eigenvalue weighted by Crippen LogP contribution is 2.34. The van der Waals surface area contributed by atoms with E-state index in [1.807, 2.05) is 29.2 Å². The fourth-order valence-electron chi connectivity index (χ4n) is 8.08. The standard InChI is InChI=1S/C28H37F3N2O2.C24H28ClF3N2O2/c1-21-8-9-22(19-25(21)28(29,30)31)7-5-6-18-35-20-26(34)33-16-14-32(15-17-33)24-12-10-23(11-13-24)27(2,3)4;1-18-5-6-19(16-22(18)24(26,27)28)4-2-3-15-32-17-23(31)30-13-11-29(12-14-30)21-9-7-20(25)8-10-21/h8-13,19H,5-7,14-18,20H2,1-4H3;5-10,16H,2-4,11-15,17H2,1H3. The molecule has 67 heavy (non-hydrogen) atoms. The van der Waals surface area contributed by atoms with Crippen molar-refractivity contribution in [1.29, 1.82) is 0 Å². The molecule has 0 atom stereocenters. The Morgan fingerprint density at radius 3 is 1.27 bits per heavy atom. The number of rotatable bonds is 16. The van der Waals surface area contributed by atoms with Crippen LogP contribution in [0.25, 0.3) is 0 Å². The monoisotopic (exact) mass is 958 g/mol. The molecular weight excluding hydrogens is 894 g/mol. The molecule has 0 N–H and O–H groups in total. The minimum Gasteiger partial charge on any atom is -0.372 e. The van der Waals surface area contributed by atoms with Crippen molar-refractivity contribution >= 4 is 34.8 Å². The van der Waals surface area contributed by atoms with E-state index in [0.29, 0.717) is 94.1 Å². The van der Waals surface area contributed by atoms with E-state index in [1.165, 1.54) is 49.4 Å². The zero-order valence-electron chi connectivity index (χ0n) is 39.4. The van der Waals surface area contributed by atoms with E-state index < -0.39 is 23.5 Å². The molecule has 6 rings (SSSR count). The van der Waals surface area contributed by atoms with Gasteiger partial charge in [-0.2, -0.15) is 26.3 Å². The third-order valence-electron chi connectivity index (χ3n) is 12.2. The largest absolute Gasteiger partial charge is 0.416 e. The summed E-state index contributed by atoms with van der Waals surface area (Å²) in [6.07, 6.45) is -4.76. The smallest absolute Gasteiger partial charge is 0.372 e. The molecule has 0 aliphatic carbocycles. The Morgan fingerprint density at radius 2 is 0.910 bits per heavy atom. The molecule has 15 heteroatoms. The number of hydrogen-bond donors (Lipinski definition) is 0. The van der Waals surface area contributed by atoms with E-state index in [0.717, 1.165) is 31.9 Å². The van der Waals surface area contributed by atoms with Gasteiger partial charge in [-0.25, -0.2) is 0 Å². The van der Waals surface area contributed by atoms with Gasteiger partial charge in [0.25, 0.3) is 0 Å². The number of nitrogens with zero attached hydrogens (tertiary/aromatic N) is 4. The topological polar surface area (TPSA) is 65.6 Å². The molecule has 366 valence electrons. The molecule has 0 radical (unpaired) electrons. The predicted octanol–water partition coefficient (Wildman–Crippen LogP) is 11.4. The second kappa shape index (κ2) is 24.5. The molecule has 2 aliphatic heterocycles. The molecule has 2 saturated heterocycles. The number of aryl methyl sites for hydroxylation is 4. The molecule has 8 nitrogen and oxygen atoms in total. The molecule has 4 aromatic rings. The maximum Gasteiger partial charge on any atom is 0.416 e. The molecular formula is C52H65ClF6N4O4. The lowest BCUT2D eigenvalue weighted by atomic mass is 9.87. The molecule has 0 spiro atoms. The lowest BCUT2D eigenvalue weighted by Gasteiger charge is -2.36. The van der Waals surface area contributed by atoms with Crippen LogP contribution in [0.2, 0.25) is 5.02 Å². The Balaban J connectivity index is 0.000000252. The lowest BCUT2D eigenvalue weighted by Crippen LogP contribution is -2.49. The van der Waals surface area contributed by atoms with Crippen LogP contribution >= 0.6 is 11.6 Å². The van der Waals surface area contributed by atoms with E-state index in [2.05, 4.69) is 54.8 Å². The van der Waals surface area contributed by atoms with Crippen molar-refractivity contribution in [3.05, 3.63) is 129 Å². The number of amides is 2. The third kappa shape index (κ3) is 16.7. The first-order valence-corrected chi connectivity index (χ1v) is 23.5. The van der Waals surface area contributed by atoms with Gasteiger partial charge in [-0.05, 0) is 134 Å². The van der Waals surface area contributed by atoms with E-state index in [9.17, 15) is 35.9 Å². The highest BCUT2D eigenvalue weighted by Gasteiger charge is 2.33. The summed E-state index contributed by atoms with van der Waals surface area (Å²) in [4.78, 5) is 33.0. The van der Waals surface area contributed by atoms with Crippen molar-refractivity contribution in [1.82, 2.24) is 9.80 Å². The van der Waals surface area contributed by atoms with E-state index >= 15 is 0 Å². The van der Waals surface area contributed by atoms with Gasteiger partial charge in [0.1, 0.15) is 13.2 Å². The molecule has 2 aliphatic rings. The summed E-state index contributed by atoms with van der Waals surface area (Å²) in [7, 11) is 0. The molecule has 0 aromatic heterocycles. The normalized spacial score (nSPS) is 14.8. The molecule has 2 heterocycles. The molecule has 0 unspecified atom stereocenters. The first kappa shape index (κ1) is 53.2. The van der Waals surface area contributed by atoms with Crippen LogP contribution in [-0.4, -0.2) is 100 Å². The van der Waals surface area contributed by atoms with Crippen LogP contribution in [0.1, 0.15) is 85.4 Å². The van der Waals surface area contributed by atoms with Crippen molar-refractivity contribution in [3.8, 4) is 0 Å². The summed E-state index contributed by atoms with van der Waals surface area (Å²) >= 11 is 5.93. The van der Waals surface area contributed by atoms with E-state index in [-0.39, 0.29) is 41.6 Å². The summed E-state index contributed by atoms with van der Waals surface area (Å²) in [5, 5.41) is 0.699. The molecule has 0 saturated carbocycles. The minimum absolute atomic E-state index is 0.0129. The van der Waals surface area contributed by atoms with Crippen molar-refractivity contribution < 1.29 is 45.4 Å². The molecule has 4 aromatic carbocycles. The third-order valence-corrected chi connectivity index (χ3v) is 12.5. The fraction of sp³-hybridized carbons (Fsp3) is 0.500. The summed E-state index contributed by atoms with van der Waals surface area (Å²) in [6.45, 7) is 16.1. The fourth-order valence-corrected chi connectivity index (χ4v) is 8.21. The van der Waals surface area contributed by atoms with Gasteiger partial charge in [0.05, 0.1) is 11.1 Å². The van der Waals surface area contributed by atoms with Gasteiger partial charge in [-0.1, -0.05) is 68.8 Å². The van der Waals surface area contributed by atoms with Crippen molar-refractivity contribution in [2.45, 2.75) is 90.9 Å². The first-order chi connectivity index (χ1) is 31.7. The summed E-state index contributed by atoms with van der Waals surface area (Å²) in [5.41, 5.74) is 4.36. The number of hydrogen-bond acceptors (Lipinski definition) is 6. The second-order valence-corrected chi connectivity index (χ2v) is 18.8. The number of carbonyl (C=O) groups is 2. The molecule has 2 amide bonds. The Kier molecular flexibility index (Phi) is 19.4. The first-order valence-electron chi connectivity index (χ1n) is 23.1. The number of unbranched alkanes of at least 4 members (excludes halogenated alkanes) is 2. The Labute approximate surface area is 397 Å². The zero-order chi connectivity index (χ0) is 48.8. The number of ether oxygens (including phenoxy) is 2. The highest BCUT2D eigenvalue weighted by molar-refractivity contribution is 6.30. The van der Waals surface area contributed by atoms with Gasteiger partial charge in [0.15, 0.2) is 0 Å².